The molecule has 0 aliphatic heterocycles. The third-order valence-corrected chi connectivity index (χ3v) is 4.32. The van der Waals surface area contributed by atoms with Crippen LogP contribution in [0.1, 0.15) is 32.6 Å². The molecule has 0 spiro atoms. The van der Waals surface area contributed by atoms with Crippen molar-refractivity contribution in [2.45, 2.75) is 38.6 Å². The zero-order valence-corrected chi connectivity index (χ0v) is 12.7. The van der Waals surface area contributed by atoms with Gasteiger partial charge in [0.1, 0.15) is 12.4 Å². The van der Waals surface area contributed by atoms with E-state index in [2.05, 4.69) is 29.4 Å². The first-order chi connectivity index (χ1) is 10.3. The second kappa shape index (κ2) is 6.90. The number of hydrogen-bond acceptors (Lipinski definition) is 3. The maximum Gasteiger partial charge on any atom is 0.121 e. The maximum absolute atomic E-state index is 5.83. The number of fused-ring (bicyclic) bond motifs is 1. The molecule has 1 aliphatic carbocycles. The molecule has 0 saturated heterocycles. The summed E-state index contributed by atoms with van der Waals surface area (Å²) in [4.78, 5) is 4.36. The van der Waals surface area contributed by atoms with E-state index in [0.717, 1.165) is 29.1 Å². The van der Waals surface area contributed by atoms with Crippen LogP contribution in [0.15, 0.2) is 36.5 Å². The Balaban J connectivity index is 1.46. The van der Waals surface area contributed by atoms with Gasteiger partial charge in [0.15, 0.2) is 0 Å². The zero-order valence-electron chi connectivity index (χ0n) is 12.7. The first kappa shape index (κ1) is 14.3. The van der Waals surface area contributed by atoms with Gasteiger partial charge in [-0.25, -0.2) is 0 Å². The lowest BCUT2D eigenvalue weighted by molar-refractivity contribution is 0.266. The monoisotopic (exact) mass is 284 g/mol. The van der Waals surface area contributed by atoms with Gasteiger partial charge < -0.3 is 10.1 Å². The summed E-state index contributed by atoms with van der Waals surface area (Å²) in [6.07, 6.45) is 7.18. The van der Waals surface area contributed by atoms with Crippen LogP contribution in [0, 0.1) is 5.92 Å². The van der Waals surface area contributed by atoms with Crippen molar-refractivity contribution >= 4 is 10.9 Å². The maximum atomic E-state index is 5.83. The summed E-state index contributed by atoms with van der Waals surface area (Å²) in [6, 6.07) is 10.8. The molecule has 21 heavy (non-hydrogen) atoms. The average Bonchev–Trinajstić information content (AvgIpc) is 2.51. The van der Waals surface area contributed by atoms with E-state index in [4.69, 9.17) is 4.74 Å². The van der Waals surface area contributed by atoms with Crippen LogP contribution in [-0.4, -0.2) is 24.2 Å². The summed E-state index contributed by atoms with van der Waals surface area (Å²) in [7, 11) is 0. The van der Waals surface area contributed by atoms with Crippen LogP contribution < -0.4 is 10.1 Å². The number of pyridine rings is 1. The summed E-state index contributed by atoms with van der Waals surface area (Å²) in [5, 5.41) is 4.77. The number of rotatable bonds is 5. The molecule has 0 bridgehead atoms. The van der Waals surface area contributed by atoms with Crippen molar-refractivity contribution in [2.75, 3.05) is 13.2 Å². The largest absolute Gasteiger partial charge is 0.492 e. The predicted octanol–water partition coefficient (Wildman–Crippen LogP) is 3.78. The molecular formula is C18H24N2O. The van der Waals surface area contributed by atoms with Gasteiger partial charge >= 0.3 is 0 Å². The first-order valence-electron chi connectivity index (χ1n) is 8.02. The van der Waals surface area contributed by atoms with Crippen LogP contribution in [0.25, 0.3) is 10.9 Å². The van der Waals surface area contributed by atoms with Gasteiger partial charge in [-0.05, 0) is 37.0 Å². The summed E-state index contributed by atoms with van der Waals surface area (Å²) < 4.78 is 5.83. The fourth-order valence-corrected chi connectivity index (χ4v) is 3.19. The van der Waals surface area contributed by atoms with Gasteiger partial charge in [0, 0.05) is 30.2 Å². The van der Waals surface area contributed by atoms with Crippen LogP contribution in [0.2, 0.25) is 0 Å². The lowest BCUT2D eigenvalue weighted by Crippen LogP contribution is -2.36. The number of hydrogen-bond donors (Lipinski definition) is 1. The van der Waals surface area contributed by atoms with Crippen molar-refractivity contribution in [3.05, 3.63) is 36.5 Å². The minimum Gasteiger partial charge on any atom is -0.492 e. The van der Waals surface area contributed by atoms with Crippen LogP contribution in [0.3, 0.4) is 0 Å². The second-order valence-corrected chi connectivity index (χ2v) is 6.13. The molecule has 3 rings (SSSR count). The fourth-order valence-electron chi connectivity index (χ4n) is 3.19. The Morgan fingerprint density at radius 3 is 3.14 bits per heavy atom. The van der Waals surface area contributed by atoms with Crippen molar-refractivity contribution in [1.29, 1.82) is 0 Å². The molecule has 0 radical (unpaired) electrons. The van der Waals surface area contributed by atoms with Crippen LogP contribution >= 0.6 is 0 Å². The Hall–Kier alpha value is -1.61. The normalized spacial score (nSPS) is 22.3. The highest BCUT2D eigenvalue weighted by Crippen LogP contribution is 2.23. The molecule has 0 amide bonds. The molecule has 2 aromatic rings. The highest BCUT2D eigenvalue weighted by Gasteiger charge is 2.17. The smallest absolute Gasteiger partial charge is 0.121 e. The highest BCUT2D eigenvalue weighted by molar-refractivity contribution is 5.79. The quantitative estimate of drug-likeness (QED) is 0.848. The molecule has 112 valence electrons. The number of aromatic nitrogens is 1. The van der Waals surface area contributed by atoms with Gasteiger partial charge in [0.05, 0.1) is 5.52 Å². The van der Waals surface area contributed by atoms with Gasteiger partial charge in [-0.3, -0.25) is 4.98 Å². The molecule has 1 aromatic heterocycles. The summed E-state index contributed by atoms with van der Waals surface area (Å²) in [6.45, 7) is 3.98. The molecule has 1 aromatic carbocycles. The predicted molar refractivity (Wildman–Crippen MR) is 86.7 cm³/mol. The fraction of sp³-hybridized carbons (Fsp3) is 0.500. The second-order valence-electron chi connectivity index (χ2n) is 6.13. The molecule has 1 saturated carbocycles. The topological polar surface area (TPSA) is 34.1 Å². The standard InChI is InChI=1S/C18H24N2O/c1-14-4-2-6-16(12-14)19-10-11-21-17-8-7-15-5-3-9-20-18(15)13-17/h3,5,7-9,13-14,16,19H,2,4,6,10-12H2,1H3. The first-order valence-corrected chi connectivity index (χ1v) is 8.02. The Bertz CT molecular complexity index is 584. The Morgan fingerprint density at radius 2 is 2.24 bits per heavy atom. The Labute approximate surface area is 126 Å². The zero-order chi connectivity index (χ0) is 14.5. The third-order valence-electron chi connectivity index (χ3n) is 4.32. The average molecular weight is 284 g/mol. The summed E-state index contributed by atoms with van der Waals surface area (Å²) in [5.74, 6) is 1.77. The summed E-state index contributed by atoms with van der Waals surface area (Å²) >= 11 is 0. The Kier molecular flexibility index (Phi) is 4.71. The molecular weight excluding hydrogens is 260 g/mol. The Morgan fingerprint density at radius 1 is 1.29 bits per heavy atom. The van der Waals surface area contributed by atoms with Gasteiger partial charge in [0.2, 0.25) is 0 Å². The molecule has 1 aliphatic rings. The van der Waals surface area contributed by atoms with E-state index >= 15 is 0 Å². The van der Waals surface area contributed by atoms with E-state index in [1.54, 1.807) is 0 Å². The van der Waals surface area contributed by atoms with Crippen LogP contribution in [-0.2, 0) is 0 Å². The number of benzene rings is 1. The van der Waals surface area contributed by atoms with E-state index in [9.17, 15) is 0 Å². The molecule has 3 heteroatoms. The minimum atomic E-state index is 0.677. The minimum absolute atomic E-state index is 0.677. The van der Waals surface area contributed by atoms with Gasteiger partial charge in [-0.15, -0.1) is 0 Å². The van der Waals surface area contributed by atoms with E-state index in [-0.39, 0.29) is 0 Å². The van der Waals surface area contributed by atoms with Crippen LogP contribution in [0.5, 0.6) is 5.75 Å². The van der Waals surface area contributed by atoms with E-state index in [1.807, 2.05) is 24.4 Å². The number of nitrogens with zero attached hydrogens (tertiary/aromatic N) is 1. The lowest BCUT2D eigenvalue weighted by Gasteiger charge is -2.27. The molecule has 1 N–H and O–H groups in total. The van der Waals surface area contributed by atoms with Crippen molar-refractivity contribution in [3.8, 4) is 5.75 Å². The van der Waals surface area contributed by atoms with Crippen molar-refractivity contribution in [1.82, 2.24) is 10.3 Å². The van der Waals surface area contributed by atoms with Crippen molar-refractivity contribution < 1.29 is 4.74 Å². The third kappa shape index (κ3) is 3.94. The van der Waals surface area contributed by atoms with Crippen molar-refractivity contribution in [3.63, 3.8) is 0 Å². The highest BCUT2D eigenvalue weighted by atomic mass is 16.5. The van der Waals surface area contributed by atoms with Gasteiger partial charge in [0.25, 0.3) is 0 Å². The molecule has 2 unspecified atom stereocenters. The molecule has 1 heterocycles. The van der Waals surface area contributed by atoms with E-state index in [1.165, 1.54) is 25.7 Å². The summed E-state index contributed by atoms with van der Waals surface area (Å²) in [5.41, 5.74) is 0.990. The van der Waals surface area contributed by atoms with E-state index < -0.39 is 0 Å². The number of nitrogens with one attached hydrogen (secondary N) is 1. The lowest BCUT2D eigenvalue weighted by atomic mass is 9.87. The van der Waals surface area contributed by atoms with Crippen LogP contribution in [0.4, 0.5) is 0 Å². The molecule has 2 atom stereocenters. The molecule has 3 nitrogen and oxygen atoms in total. The molecule has 1 fully saturated rings. The van der Waals surface area contributed by atoms with E-state index in [0.29, 0.717) is 12.6 Å². The van der Waals surface area contributed by atoms with Crippen molar-refractivity contribution in [2.24, 2.45) is 5.92 Å². The van der Waals surface area contributed by atoms with Gasteiger partial charge in [-0.1, -0.05) is 25.8 Å². The number of ether oxygens (including phenoxy) is 1. The van der Waals surface area contributed by atoms with Gasteiger partial charge in [-0.2, -0.15) is 0 Å². The SMILES string of the molecule is CC1CCCC(NCCOc2ccc3cccnc3c2)C1.